The van der Waals surface area contributed by atoms with Gasteiger partial charge < -0.3 is 5.73 Å². The zero-order valence-corrected chi connectivity index (χ0v) is 8.23. The van der Waals surface area contributed by atoms with Crippen LogP contribution in [0.3, 0.4) is 0 Å². The van der Waals surface area contributed by atoms with E-state index in [9.17, 15) is 0 Å². The standard InChI is InChI=1S/C8H18N2S/c1-7(9)5-10-3-4-11-6-8(10)2/h7-8H,3-6,9H2,1-2H3/t7-,8?/m1/s1. The Balaban J connectivity index is 2.29. The van der Waals surface area contributed by atoms with E-state index >= 15 is 0 Å². The summed E-state index contributed by atoms with van der Waals surface area (Å²) in [5, 5.41) is 0. The largest absolute Gasteiger partial charge is 0.327 e. The van der Waals surface area contributed by atoms with Gasteiger partial charge in [0.15, 0.2) is 0 Å². The van der Waals surface area contributed by atoms with Crippen molar-refractivity contribution in [3.05, 3.63) is 0 Å². The molecule has 1 heterocycles. The van der Waals surface area contributed by atoms with Crippen LogP contribution in [0.25, 0.3) is 0 Å². The van der Waals surface area contributed by atoms with Crippen molar-refractivity contribution in [3.8, 4) is 0 Å². The lowest BCUT2D eigenvalue weighted by molar-refractivity contribution is 0.222. The maximum atomic E-state index is 5.74. The van der Waals surface area contributed by atoms with Crippen LogP contribution in [0, 0.1) is 0 Å². The molecule has 0 aromatic heterocycles. The van der Waals surface area contributed by atoms with Crippen LogP contribution in [-0.4, -0.2) is 41.6 Å². The van der Waals surface area contributed by atoms with Crippen molar-refractivity contribution in [1.82, 2.24) is 4.90 Å². The Morgan fingerprint density at radius 1 is 1.73 bits per heavy atom. The van der Waals surface area contributed by atoms with Crippen LogP contribution < -0.4 is 5.73 Å². The van der Waals surface area contributed by atoms with Gasteiger partial charge in [0.25, 0.3) is 0 Å². The number of nitrogens with two attached hydrogens (primary N) is 1. The summed E-state index contributed by atoms with van der Waals surface area (Å²) < 4.78 is 0. The third-order valence-electron chi connectivity index (χ3n) is 2.03. The van der Waals surface area contributed by atoms with E-state index in [0.717, 1.165) is 12.6 Å². The molecule has 0 amide bonds. The van der Waals surface area contributed by atoms with Crippen molar-refractivity contribution in [1.29, 1.82) is 0 Å². The van der Waals surface area contributed by atoms with E-state index in [4.69, 9.17) is 5.73 Å². The Morgan fingerprint density at radius 2 is 2.45 bits per heavy atom. The molecule has 1 rings (SSSR count). The van der Waals surface area contributed by atoms with E-state index < -0.39 is 0 Å². The van der Waals surface area contributed by atoms with E-state index in [1.807, 2.05) is 0 Å². The summed E-state index contributed by atoms with van der Waals surface area (Å²) >= 11 is 2.05. The summed E-state index contributed by atoms with van der Waals surface area (Å²) in [5.74, 6) is 2.55. The van der Waals surface area contributed by atoms with Crippen molar-refractivity contribution < 1.29 is 0 Å². The lowest BCUT2D eigenvalue weighted by Gasteiger charge is -2.33. The van der Waals surface area contributed by atoms with Gasteiger partial charge >= 0.3 is 0 Å². The molecule has 2 N–H and O–H groups in total. The lowest BCUT2D eigenvalue weighted by Crippen LogP contribution is -2.45. The highest BCUT2D eigenvalue weighted by Crippen LogP contribution is 2.15. The molecule has 3 heteroatoms. The van der Waals surface area contributed by atoms with Gasteiger partial charge in [-0.3, -0.25) is 4.90 Å². The van der Waals surface area contributed by atoms with E-state index in [0.29, 0.717) is 6.04 Å². The molecule has 66 valence electrons. The Bertz CT molecular complexity index is 117. The number of hydrogen-bond donors (Lipinski definition) is 1. The monoisotopic (exact) mass is 174 g/mol. The first kappa shape index (κ1) is 9.36. The summed E-state index contributed by atoms with van der Waals surface area (Å²) in [7, 11) is 0. The van der Waals surface area contributed by atoms with Gasteiger partial charge in [-0.05, 0) is 13.8 Å². The average Bonchev–Trinajstić information content (AvgIpc) is 1.93. The molecule has 1 aliphatic heterocycles. The van der Waals surface area contributed by atoms with Crippen molar-refractivity contribution >= 4 is 11.8 Å². The van der Waals surface area contributed by atoms with Crippen LogP contribution in [0.2, 0.25) is 0 Å². The Kier molecular flexibility index (Phi) is 3.69. The maximum absolute atomic E-state index is 5.74. The fraction of sp³-hybridized carbons (Fsp3) is 1.00. The van der Waals surface area contributed by atoms with E-state index in [1.54, 1.807) is 0 Å². The summed E-state index contributed by atoms with van der Waals surface area (Å²) in [4.78, 5) is 2.49. The molecule has 0 saturated carbocycles. The van der Waals surface area contributed by atoms with Gasteiger partial charge in [0.1, 0.15) is 0 Å². The third kappa shape index (κ3) is 3.01. The normalized spacial score (nSPS) is 30.3. The average molecular weight is 174 g/mol. The summed E-state index contributed by atoms with van der Waals surface area (Å²) in [6, 6.07) is 1.04. The summed E-state index contributed by atoms with van der Waals surface area (Å²) in [6.45, 7) is 6.64. The molecule has 2 nitrogen and oxygen atoms in total. The predicted octanol–water partition coefficient (Wildman–Crippen LogP) is 0.771. The van der Waals surface area contributed by atoms with Crippen LogP contribution in [0.15, 0.2) is 0 Å². The van der Waals surface area contributed by atoms with Gasteiger partial charge in [0.2, 0.25) is 0 Å². The zero-order chi connectivity index (χ0) is 8.27. The third-order valence-corrected chi connectivity index (χ3v) is 3.22. The minimum absolute atomic E-state index is 0.320. The molecule has 2 atom stereocenters. The number of hydrogen-bond acceptors (Lipinski definition) is 3. The molecule has 11 heavy (non-hydrogen) atoms. The topological polar surface area (TPSA) is 29.3 Å². The molecular formula is C8H18N2S. The van der Waals surface area contributed by atoms with Gasteiger partial charge in [-0.25, -0.2) is 0 Å². The number of nitrogens with zero attached hydrogens (tertiary/aromatic N) is 1. The summed E-state index contributed by atoms with van der Waals surface area (Å²) in [6.07, 6.45) is 0. The van der Waals surface area contributed by atoms with Crippen LogP contribution in [0.1, 0.15) is 13.8 Å². The van der Waals surface area contributed by atoms with Gasteiger partial charge in [-0.15, -0.1) is 0 Å². The van der Waals surface area contributed by atoms with Crippen LogP contribution in [0.4, 0.5) is 0 Å². The second-order valence-corrected chi connectivity index (χ2v) is 4.55. The second kappa shape index (κ2) is 4.33. The van der Waals surface area contributed by atoms with Crippen molar-refractivity contribution in [3.63, 3.8) is 0 Å². The molecular weight excluding hydrogens is 156 g/mol. The zero-order valence-electron chi connectivity index (χ0n) is 7.42. The maximum Gasteiger partial charge on any atom is 0.0159 e. The molecule has 1 fully saturated rings. The fourth-order valence-corrected chi connectivity index (χ4v) is 2.48. The Labute approximate surface area is 73.5 Å². The lowest BCUT2D eigenvalue weighted by atomic mass is 10.2. The highest BCUT2D eigenvalue weighted by molar-refractivity contribution is 7.99. The smallest absolute Gasteiger partial charge is 0.0159 e. The SMILES string of the molecule is CC1CSCCN1C[C@@H](C)N. The van der Waals surface area contributed by atoms with Gasteiger partial charge in [0, 0.05) is 36.7 Å². The Hall–Kier alpha value is 0.270. The van der Waals surface area contributed by atoms with Crippen LogP contribution >= 0.6 is 11.8 Å². The molecule has 0 aromatic carbocycles. The molecule has 0 spiro atoms. The number of rotatable bonds is 2. The number of thioether (sulfide) groups is 1. The van der Waals surface area contributed by atoms with E-state index in [2.05, 4.69) is 30.5 Å². The highest BCUT2D eigenvalue weighted by Gasteiger charge is 2.18. The molecule has 1 aliphatic rings. The predicted molar refractivity (Wildman–Crippen MR) is 52.0 cm³/mol. The van der Waals surface area contributed by atoms with Crippen LogP contribution in [0.5, 0.6) is 0 Å². The first-order valence-corrected chi connectivity index (χ1v) is 5.43. The first-order valence-electron chi connectivity index (χ1n) is 4.27. The fourth-order valence-electron chi connectivity index (χ4n) is 1.40. The van der Waals surface area contributed by atoms with Gasteiger partial charge in [-0.1, -0.05) is 0 Å². The molecule has 1 unspecified atom stereocenters. The second-order valence-electron chi connectivity index (χ2n) is 3.40. The minimum atomic E-state index is 0.320. The van der Waals surface area contributed by atoms with Crippen molar-refractivity contribution in [2.45, 2.75) is 25.9 Å². The van der Waals surface area contributed by atoms with Crippen molar-refractivity contribution in [2.75, 3.05) is 24.6 Å². The van der Waals surface area contributed by atoms with E-state index in [1.165, 1.54) is 18.1 Å². The van der Waals surface area contributed by atoms with Gasteiger partial charge in [0.05, 0.1) is 0 Å². The Morgan fingerprint density at radius 3 is 3.00 bits per heavy atom. The van der Waals surface area contributed by atoms with Crippen LogP contribution in [-0.2, 0) is 0 Å². The molecule has 0 radical (unpaired) electrons. The quantitative estimate of drug-likeness (QED) is 0.670. The van der Waals surface area contributed by atoms with E-state index in [-0.39, 0.29) is 0 Å². The minimum Gasteiger partial charge on any atom is -0.327 e. The molecule has 1 saturated heterocycles. The highest BCUT2D eigenvalue weighted by atomic mass is 32.2. The first-order chi connectivity index (χ1) is 5.20. The molecule has 0 bridgehead atoms. The van der Waals surface area contributed by atoms with Crippen molar-refractivity contribution in [2.24, 2.45) is 5.73 Å². The summed E-state index contributed by atoms with van der Waals surface area (Å²) in [5.41, 5.74) is 5.74. The molecule has 0 aliphatic carbocycles. The molecule has 0 aromatic rings. The van der Waals surface area contributed by atoms with Gasteiger partial charge in [-0.2, -0.15) is 11.8 Å².